The second-order valence-corrected chi connectivity index (χ2v) is 4.87. The van der Waals surface area contributed by atoms with Crippen molar-refractivity contribution in [2.45, 2.75) is 0 Å². The molecule has 19 heavy (non-hydrogen) atoms. The first-order valence-corrected chi connectivity index (χ1v) is 6.27. The summed E-state index contributed by atoms with van der Waals surface area (Å²) in [6.45, 7) is 0. The highest BCUT2D eigenvalue weighted by molar-refractivity contribution is 9.10. The van der Waals surface area contributed by atoms with Gasteiger partial charge in [-0.05, 0) is 28.1 Å². The molecule has 0 atom stereocenters. The van der Waals surface area contributed by atoms with E-state index in [4.69, 9.17) is 5.11 Å². The lowest BCUT2D eigenvalue weighted by atomic mass is 10.1. The number of carboxylic acid groups (broad SMARTS) is 1. The van der Waals surface area contributed by atoms with Crippen molar-refractivity contribution in [3.8, 4) is 11.3 Å². The van der Waals surface area contributed by atoms with Crippen LogP contribution in [-0.4, -0.2) is 31.1 Å². The summed E-state index contributed by atoms with van der Waals surface area (Å²) < 4.78 is 2.31. The van der Waals surface area contributed by atoms with E-state index in [1.165, 1.54) is 0 Å². The third kappa shape index (κ3) is 1.82. The van der Waals surface area contributed by atoms with E-state index in [1.807, 2.05) is 18.2 Å². The SMILES string of the molecule is Cn1nc(C(=O)O)cc1-c1cccc2n[nH]c(Br)c12. The lowest BCUT2D eigenvalue weighted by Crippen LogP contribution is -1.99. The van der Waals surface area contributed by atoms with Crippen molar-refractivity contribution in [3.05, 3.63) is 34.6 Å². The number of carbonyl (C=O) groups is 1. The Morgan fingerprint density at radius 3 is 2.95 bits per heavy atom. The molecule has 0 saturated carbocycles. The van der Waals surface area contributed by atoms with Crippen LogP contribution in [0.25, 0.3) is 22.2 Å². The van der Waals surface area contributed by atoms with Crippen LogP contribution in [0.5, 0.6) is 0 Å². The van der Waals surface area contributed by atoms with E-state index in [2.05, 4.69) is 31.2 Å². The number of H-pyrrole nitrogens is 1. The molecule has 0 radical (unpaired) electrons. The maximum atomic E-state index is 11.0. The summed E-state index contributed by atoms with van der Waals surface area (Å²) in [5.74, 6) is -1.04. The van der Waals surface area contributed by atoms with E-state index >= 15 is 0 Å². The van der Waals surface area contributed by atoms with Crippen LogP contribution in [0.4, 0.5) is 0 Å². The second-order valence-electron chi connectivity index (χ2n) is 4.08. The first-order chi connectivity index (χ1) is 9.08. The second kappa shape index (κ2) is 4.20. The number of aromatic nitrogens is 4. The van der Waals surface area contributed by atoms with Crippen LogP contribution in [0.2, 0.25) is 0 Å². The van der Waals surface area contributed by atoms with E-state index in [0.717, 1.165) is 26.8 Å². The van der Waals surface area contributed by atoms with Gasteiger partial charge in [-0.1, -0.05) is 12.1 Å². The number of carboxylic acids is 1. The lowest BCUT2D eigenvalue weighted by Gasteiger charge is -2.03. The first kappa shape index (κ1) is 11.9. The summed E-state index contributed by atoms with van der Waals surface area (Å²) in [6.07, 6.45) is 0. The maximum Gasteiger partial charge on any atom is 0.356 e. The Kier molecular flexibility index (Phi) is 2.63. The number of aromatic carboxylic acids is 1. The molecule has 0 amide bonds. The molecule has 0 aliphatic rings. The number of aryl methyl sites for hydroxylation is 1. The zero-order valence-corrected chi connectivity index (χ0v) is 11.5. The molecule has 3 aromatic rings. The largest absolute Gasteiger partial charge is 0.476 e. The Bertz CT molecular complexity index is 790. The zero-order valence-electron chi connectivity index (χ0n) is 9.88. The molecule has 0 aliphatic carbocycles. The Balaban J connectivity index is 2.30. The first-order valence-electron chi connectivity index (χ1n) is 5.48. The number of benzene rings is 1. The molecule has 0 spiro atoms. The fraction of sp³-hybridized carbons (Fsp3) is 0.0833. The Morgan fingerprint density at radius 2 is 2.26 bits per heavy atom. The van der Waals surface area contributed by atoms with Crippen molar-refractivity contribution in [1.29, 1.82) is 0 Å². The highest BCUT2D eigenvalue weighted by Crippen LogP contribution is 2.32. The lowest BCUT2D eigenvalue weighted by molar-refractivity contribution is 0.0689. The number of nitrogens with zero attached hydrogens (tertiary/aromatic N) is 3. The van der Waals surface area contributed by atoms with Crippen LogP contribution >= 0.6 is 15.9 Å². The number of rotatable bonds is 2. The van der Waals surface area contributed by atoms with Crippen LogP contribution in [-0.2, 0) is 7.05 Å². The number of hydrogen-bond donors (Lipinski definition) is 2. The minimum absolute atomic E-state index is 0.0223. The third-order valence-corrected chi connectivity index (χ3v) is 3.49. The predicted molar refractivity (Wildman–Crippen MR) is 73.0 cm³/mol. The summed E-state index contributed by atoms with van der Waals surface area (Å²) in [6, 6.07) is 7.22. The van der Waals surface area contributed by atoms with Crippen molar-refractivity contribution in [3.63, 3.8) is 0 Å². The van der Waals surface area contributed by atoms with Gasteiger partial charge < -0.3 is 5.11 Å². The van der Waals surface area contributed by atoms with Crippen LogP contribution in [0.1, 0.15) is 10.5 Å². The predicted octanol–water partition coefficient (Wildman–Crippen LogP) is 2.42. The Labute approximate surface area is 116 Å². The van der Waals surface area contributed by atoms with Crippen molar-refractivity contribution < 1.29 is 9.90 Å². The Morgan fingerprint density at radius 1 is 1.47 bits per heavy atom. The summed E-state index contributed by atoms with van der Waals surface area (Å²) in [5, 5.41) is 20.9. The molecule has 0 bridgehead atoms. The average Bonchev–Trinajstić information content (AvgIpc) is 2.94. The standard InChI is InChI=1S/C12H9BrN4O2/c1-17-9(5-8(16-17)12(18)19)6-3-2-4-7-10(6)11(13)15-14-7/h2-5H,1H3,(H,14,15)(H,18,19). The van der Waals surface area contributed by atoms with Gasteiger partial charge in [-0.15, -0.1) is 0 Å². The van der Waals surface area contributed by atoms with E-state index in [-0.39, 0.29) is 5.69 Å². The number of aromatic amines is 1. The molecule has 6 nitrogen and oxygen atoms in total. The van der Waals surface area contributed by atoms with Gasteiger partial charge in [0.15, 0.2) is 5.69 Å². The normalized spacial score (nSPS) is 11.1. The highest BCUT2D eigenvalue weighted by Gasteiger charge is 2.16. The molecule has 2 N–H and O–H groups in total. The van der Waals surface area contributed by atoms with E-state index < -0.39 is 5.97 Å². The summed E-state index contributed by atoms with van der Waals surface area (Å²) >= 11 is 3.41. The highest BCUT2D eigenvalue weighted by atomic mass is 79.9. The molecule has 0 aliphatic heterocycles. The fourth-order valence-electron chi connectivity index (χ4n) is 2.07. The number of fused-ring (bicyclic) bond motifs is 1. The zero-order chi connectivity index (χ0) is 13.6. The Hall–Kier alpha value is -2.15. The summed E-state index contributed by atoms with van der Waals surface area (Å²) in [7, 11) is 1.72. The van der Waals surface area contributed by atoms with Crippen LogP contribution in [0, 0.1) is 0 Å². The molecular weight excluding hydrogens is 312 g/mol. The molecule has 7 heteroatoms. The molecule has 0 saturated heterocycles. The summed E-state index contributed by atoms with van der Waals surface area (Å²) in [4.78, 5) is 11.0. The molecule has 3 rings (SSSR count). The number of hydrogen-bond acceptors (Lipinski definition) is 3. The fourth-order valence-corrected chi connectivity index (χ4v) is 2.57. The van der Waals surface area contributed by atoms with Gasteiger partial charge in [0.2, 0.25) is 0 Å². The van der Waals surface area contributed by atoms with Crippen molar-refractivity contribution in [2.75, 3.05) is 0 Å². The summed E-state index contributed by atoms with van der Waals surface area (Å²) in [5.41, 5.74) is 2.43. The van der Waals surface area contributed by atoms with Gasteiger partial charge in [0.05, 0.1) is 11.2 Å². The van der Waals surface area contributed by atoms with Crippen LogP contribution < -0.4 is 0 Å². The molecule has 2 aromatic heterocycles. The third-order valence-electron chi connectivity index (χ3n) is 2.91. The maximum absolute atomic E-state index is 11.0. The quantitative estimate of drug-likeness (QED) is 0.759. The van der Waals surface area contributed by atoms with Gasteiger partial charge in [0.1, 0.15) is 4.60 Å². The molecule has 2 heterocycles. The van der Waals surface area contributed by atoms with Gasteiger partial charge in [-0.3, -0.25) is 9.78 Å². The number of nitrogens with one attached hydrogen (secondary N) is 1. The van der Waals surface area contributed by atoms with Crippen molar-refractivity contribution in [2.24, 2.45) is 7.05 Å². The van der Waals surface area contributed by atoms with Crippen LogP contribution in [0.15, 0.2) is 28.9 Å². The molecule has 0 fully saturated rings. The van der Waals surface area contributed by atoms with Crippen molar-refractivity contribution >= 4 is 32.8 Å². The van der Waals surface area contributed by atoms with Crippen molar-refractivity contribution in [1.82, 2.24) is 20.0 Å². The van der Waals surface area contributed by atoms with Gasteiger partial charge in [-0.25, -0.2) is 4.79 Å². The topological polar surface area (TPSA) is 83.8 Å². The minimum atomic E-state index is -1.04. The van der Waals surface area contributed by atoms with Crippen LogP contribution in [0.3, 0.4) is 0 Å². The van der Waals surface area contributed by atoms with Gasteiger partial charge in [0, 0.05) is 18.0 Å². The average molecular weight is 321 g/mol. The minimum Gasteiger partial charge on any atom is -0.476 e. The van der Waals surface area contributed by atoms with Gasteiger partial charge in [-0.2, -0.15) is 10.2 Å². The monoisotopic (exact) mass is 320 g/mol. The van der Waals surface area contributed by atoms with E-state index in [0.29, 0.717) is 0 Å². The smallest absolute Gasteiger partial charge is 0.356 e. The van der Waals surface area contributed by atoms with Gasteiger partial charge >= 0.3 is 5.97 Å². The molecule has 0 unspecified atom stereocenters. The molecular formula is C12H9BrN4O2. The number of halogens is 1. The van der Waals surface area contributed by atoms with E-state index in [9.17, 15) is 4.79 Å². The van der Waals surface area contributed by atoms with E-state index in [1.54, 1.807) is 17.8 Å². The van der Waals surface area contributed by atoms with Gasteiger partial charge in [0.25, 0.3) is 0 Å². The molecule has 1 aromatic carbocycles. The molecule has 96 valence electrons.